The van der Waals surface area contributed by atoms with Gasteiger partial charge in [-0.25, -0.2) is 4.98 Å². The maximum Gasteiger partial charge on any atom is 0.311 e. The SMILES string of the molecule is CCOC(=O)Cc1csc2nc(-c3ccccn3)c(N)n12. The van der Waals surface area contributed by atoms with E-state index in [2.05, 4.69) is 9.97 Å². The summed E-state index contributed by atoms with van der Waals surface area (Å²) >= 11 is 1.44. The minimum absolute atomic E-state index is 0.177. The van der Waals surface area contributed by atoms with Gasteiger partial charge in [0.15, 0.2) is 4.96 Å². The number of aromatic nitrogens is 3. The number of pyridine rings is 1. The summed E-state index contributed by atoms with van der Waals surface area (Å²) < 4.78 is 6.76. The van der Waals surface area contributed by atoms with Crippen LogP contribution < -0.4 is 5.73 Å². The second kappa shape index (κ2) is 5.53. The van der Waals surface area contributed by atoms with Gasteiger partial charge in [-0.3, -0.25) is 14.2 Å². The van der Waals surface area contributed by atoms with Crippen molar-refractivity contribution in [2.45, 2.75) is 13.3 Å². The van der Waals surface area contributed by atoms with Crippen LogP contribution in [-0.4, -0.2) is 26.9 Å². The lowest BCUT2D eigenvalue weighted by atomic mass is 10.2. The van der Waals surface area contributed by atoms with Crippen LogP contribution in [0.25, 0.3) is 16.3 Å². The summed E-state index contributed by atoms with van der Waals surface area (Å²) in [6.45, 7) is 2.15. The van der Waals surface area contributed by atoms with E-state index in [1.54, 1.807) is 17.5 Å². The Labute approximate surface area is 125 Å². The van der Waals surface area contributed by atoms with Crippen molar-refractivity contribution in [3.8, 4) is 11.4 Å². The topological polar surface area (TPSA) is 82.5 Å². The Balaban J connectivity index is 2.02. The van der Waals surface area contributed by atoms with Gasteiger partial charge < -0.3 is 10.5 Å². The van der Waals surface area contributed by atoms with Crippen molar-refractivity contribution in [3.63, 3.8) is 0 Å². The third-order valence-electron chi connectivity index (χ3n) is 3.01. The average molecular weight is 302 g/mol. The van der Waals surface area contributed by atoms with Crippen LogP contribution in [0.3, 0.4) is 0 Å². The molecule has 0 fully saturated rings. The number of nitrogens with zero attached hydrogens (tertiary/aromatic N) is 3. The van der Waals surface area contributed by atoms with Gasteiger partial charge in [-0.15, -0.1) is 11.3 Å². The highest BCUT2D eigenvalue weighted by molar-refractivity contribution is 7.15. The summed E-state index contributed by atoms with van der Waals surface area (Å²) in [6.07, 6.45) is 1.87. The van der Waals surface area contributed by atoms with Crippen LogP contribution in [0, 0.1) is 0 Å². The molecule has 0 spiro atoms. The van der Waals surface area contributed by atoms with E-state index in [9.17, 15) is 4.79 Å². The first-order valence-electron chi connectivity index (χ1n) is 6.52. The zero-order valence-electron chi connectivity index (χ0n) is 11.4. The number of imidazole rings is 1. The summed E-state index contributed by atoms with van der Waals surface area (Å²) in [5.41, 5.74) is 8.31. The van der Waals surface area contributed by atoms with Gasteiger partial charge in [0.05, 0.1) is 18.7 Å². The van der Waals surface area contributed by atoms with E-state index in [1.807, 2.05) is 23.6 Å². The summed E-state index contributed by atoms with van der Waals surface area (Å²) in [5.74, 6) is 0.217. The Bertz CT molecular complexity index is 779. The third-order valence-corrected chi connectivity index (χ3v) is 3.88. The van der Waals surface area contributed by atoms with E-state index in [1.165, 1.54) is 11.3 Å². The van der Waals surface area contributed by atoms with Gasteiger partial charge in [0.1, 0.15) is 11.5 Å². The predicted octanol–water partition coefficient (Wildman–Crippen LogP) is 2.15. The maximum absolute atomic E-state index is 11.6. The molecule has 0 unspecified atom stereocenters. The lowest BCUT2D eigenvalue weighted by Crippen LogP contribution is -2.09. The molecule has 2 N–H and O–H groups in total. The summed E-state index contributed by atoms with van der Waals surface area (Å²) in [4.78, 5) is 21.1. The molecule has 0 aliphatic carbocycles. The molecular weight excluding hydrogens is 288 g/mol. The number of carbonyl (C=O) groups is 1. The molecule has 0 saturated carbocycles. The molecule has 21 heavy (non-hydrogen) atoms. The van der Waals surface area contributed by atoms with Gasteiger partial charge >= 0.3 is 5.97 Å². The fraction of sp³-hybridized carbons (Fsp3) is 0.214. The van der Waals surface area contributed by atoms with Crippen LogP contribution in [0.4, 0.5) is 5.82 Å². The van der Waals surface area contributed by atoms with Crippen LogP contribution in [0.15, 0.2) is 29.8 Å². The van der Waals surface area contributed by atoms with Crippen LogP contribution in [0.5, 0.6) is 0 Å². The van der Waals surface area contributed by atoms with E-state index < -0.39 is 0 Å². The number of hydrogen-bond acceptors (Lipinski definition) is 6. The molecular formula is C14H14N4O2S. The van der Waals surface area contributed by atoms with Crippen LogP contribution >= 0.6 is 11.3 Å². The molecule has 0 aliphatic heterocycles. The van der Waals surface area contributed by atoms with Crippen molar-refractivity contribution in [1.29, 1.82) is 0 Å². The minimum atomic E-state index is -0.273. The monoisotopic (exact) mass is 302 g/mol. The van der Waals surface area contributed by atoms with Crippen molar-refractivity contribution in [2.75, 3.05) is 12.3 Å². The molecule has 6 nitrogen and oxygen atoms in total. The van der Waals surface area contributed by atoms with E-state index >= 15 is 0 Å². The molecule has 0 atom stereocenters. The molecule has 3 aromatic rings. The molecule has 0 bridgehead atoms. The second-order valence-corrected chi connectivity index (χ2v) is 5.22. The van der Waals surface area contributed by atoms with Gasteiger partial charge in [0.25, 0.3) is 0 Å². The number of esters is 1. The Morgan fingerprint density at radius 2 is 2.33 bits per heavy atom. The number of anilines is 1. The van der Waals surface area contributed by atoms with E-state index in [0.717, 1.165) is 10.7 Å². The summed E-state index contributed by atoms with van der Waals surface area (Å²) in [5, 5.41) is 1.87. The number of carbonyl (C=O) groups excluding carboxylic acids is 1. The van der Waals surface area contributed by atoms with Crippen LogP contribution in [-0.2, 0) is 16.0 Å². The Kier molecular flexibility index (Phi) is 3.57. The van der Waals surface area contributed by atoms with Gasteiger partial charge in [-0.1, -0.05) is 6.07 Å². The van der Waals surface area contributed by atoms with Gasteiger partial charge in [-0.05, 0) is 19.1 Å². The van der Waals surface area contributed by atoms with Gasteiger partial charge in [0, 0.05) is 17.3 Å². The molecule has 0 radical (unpaired) electrons. The van der Waals surface area contributed by atoms with Gasteiger partial charge in [-0.2, -0.15) is 0 Å². The van der Waals surface area contributed by atoms with Crippen LogP contribution in [0.1, 0.15) is 12.6 Å². The highest BCUT2D eigenvalue weighted by atomic mass is 32.1. The van der Waals surface area contributed by atoms with E-state index in [4.69, 9.17) is 10.5 Å². The van der Waals surface area contributed by atoms with Crippen molar-refractivity contribution >= 4 is 28.1 Å². The number of nitrogen functional groups attached to an aromatic ring is 1. The molecule has 3 aromatic heterocycles. The third kappa shape index (κ3) is 2.47. The maximum atomic E-state index is 11.6. The number of ether oxygens (including phenoxy) is 1. The predicted molar refractivity (Wildman–Crippen MR) is 81.0 cm³/mol. The van der Waals surface area contributed by atoms with E-state index in [-0.39, 0.29) is 12.4 Å². The lowest BCUT2D eigenvalue weighted by Gasteiger charge is -2.02. The van der Waals surface area contributed by atoms with Crippen molar-refractivity contribution in [1.82, 2.24) is 14.4 Å². The lowest BCUT2D eigenvalue weighted by molar-refractivity contribution is -0.142. The van der Waals surface area contributed by atoms with E-state index in [0.29, 0.717) is 23.8 Å². The highest BCUT2D eigenvalue weighted by Crippen LogP contribution is 2.29. The van der Waals surface area contributed by atoms with Crippen molar-refractivity contribution in [3.05, 3.63) is 35.5 Å². The standard InChI is InChI=1S/C14H14N4O2S/c1-2-20-11(19)7-9-8-21-14-17-12(13(15)18(9)14)10-5-3-4-6-16-10/h3-6,8H,2,7,15H2,1H3. The summed E-state index contributed by atoms with van der Waals surface area (Å²) in [6, 6.07) is 5.58. The van der Waals surface area contributed by atoms with Crippen molar-refractivity contribution in [2.24, 2.45) is 0 Å². The van der Waals surface area contributed by atoms with Gasteiger partial charge in [0.2, 0.25) is 0 Å². The Morgan fingerprint density at radius 3 is 3.05 bits per heavy atom. The molecule has 0 saturated heterocycles. The smallest absolute Gasteiger partial charge is 0.311 e. The average Bonchev–Trinajstić information content (AvgIpc) is 3.02. The molecule has 3 heterocycles. The fourth-order valence-corrected chi connectivity index (χ4v) is 3.01. The second-order valence-electron chi connectivity index (χ2n) is 4.39. The normalized spacial score (nSPS) is 10.9. The summed E-state index contributed by atoms with van der Waals surface area (Å²) in [7, 11) is 0. The number of fused-ring (bicyclic) bond motifs is 1. The largest absolute Gasteiger partial charge is 0.466 e. The number of rotatable bonds is 4. The van der Waals surface area contributed by atoms with Crippen molar-refractivity contribution < 1.29 is 9.53 Å². The number of nitrogens with two attached hydrogens (primary N) is 1. The molecule has 108 valence electrons. The molecule has 7 heteroatoms. The van der Waals surface area contributed by atoms with Crippen LogP contribution in [0.2, 0.25) is 0 Å². The zero-order valence-corrected chi connectivity index (χ0v) is 12.3. The number of thiazole rings is 1. The Hall–Kier alpha value is -2.41. The first-order chi connectivity index (χ1) is 10.2. The molecule has 0 aliphatic rings. The minimum Gasteiger partial charge on any atom is -0.466 e. The molecule has 3 rings (SSSR count). The highest BCUT2D eigenvalue weighted by Gasteiger charge is 2.18. The first-order valence-corrected chi connectivity index (χ1v) is 7.40. The molecule has 0 amide bonds. The fourth-order valence-electron chi connectivity index (χ4n) is 2.11. The number of hydrogen-bond donors (Lipinski definition) is 1. The molecule has 0 aromatic carbocycles. The quantitative estimate of drug-likeness (QED) is 0.747. The Morgan fingerprint density at radius 1 is 1.48 bits per heavy atom. The zero-order chi connectivity index (χ0) is 14.8. The first kappa shape index (κ1) is 13.6.